The smallest absolute Gasteiger partial charge is 0.110 e. The zero-order valence-corrected chi connectivity index (χ0v) is 10.7. The number of aryl methyl sites for hydroxylation is 1. The van der Waals surface area contributed by atoms with Gasteiger partial charge in [0.15, 0.2) is 0 Å². The summed E-state index contributed by atoms with van der Waals surface area (Å²) in [6.45, 7) is 5.53. The fourth-order valence-electron chi connectivity index (χ4n) is 1.49. The molecule has 0 aliphatic carbocycles. The second-order valence-corrected chi connectivity index (χ2v) is 3.97. The van der Waals surface area contributed by atoms with Crippen molar-refractivity contribution in [1.82, 2.24) is 8.75 Å². The molecule has 0 saturated heterocycles. The fourth-order valence-corrected chi connectivity index (χ4v) is 2.18. The van der Waals surface area contributed by atoms with E-state index in [1.165, 1.54) is 17.4 Å². The van der Waals surface area contributed by atoms with Crippen LogP contribution in [0.3, 0.4) is 0 Å². The lowest BCUT2D eigenvalue weighted by Gasteiger charge is -2.04. The first-order chi connectivity index (χ1) is 8.27. The van der Waals surface area contributed by atoms with Crippen molar-refractivity contribution in [3.8, 4) is 0 Å². The van der Waals surface area contributed by atoms with Crippen LogP contribution < -0.4 is 0 Å². The third-order valence-corrected chi connectivity index (χ3v) is 2.88. The van der Waals surface area contributed by atoms with Crippen LogP contribution in [0.1, 0.15) is 5.56 Å². The highest BCUT2D eigenvalue weighted by Crippen LogP contribution is 2.36. The number of fused-ring (bicyclic) bond motifs is 1. The topological polar surface area (TPSA) is 50.5 Å². The number of aromatic nitrogens is 2. The minimum atomic E-state index is 0.677. The summed E-state index contributed by atoms with van der Waals surface area (Å²) in [5, 5.41) is 0. The number of rotatable bonds is 3. The van der Waals surface area contributed by atoms with Crippen molar-refractivity contribution in [3.63, 3.8) is 0 Å². The van der Waals surface area contributed by atoms with Gasteiger partial charge in [-0.3, -0.25) is 4.99 Å². The molecule has 0 aliphatic rings. The van der Waals surface area contributed by atoms with Crippen LogP contribution in [0.15, 0.2) is 28.7 Å². The van der Waals surface area contributed by atoms with Gasteiger partial charge in [-0.15, -0.1) is 0 Å². The standard InChI is InChI=1S/C11H9ClN4S/c1-3-4-13-10-7(2)11-9(15-17-16-11)5-8(10)14-6-12/h3-6H,1H2,2H3/b13-4-,14-6+. The second-order valence-electron chi connectivity index (χ2n) is 3.24. The van der Waals surface area contributed by atoms with Gasteiger partial charge in [-0.2, -0.15) is 8.75 Å². The molecule has 86 valence electrons. The van der Waals surface area contributed by atoms with Gasteiger partial charge in [0.1, 0.15) is 11.0 Å². The first kappa shape index (κ1) is 11.9. The van der Waals surface area contributed by atoms with Crippen molar-refractivity contribution < 1.29 is 0 Å². The maximum atomic E-state index is 5.52. The lowest BCUT2D eigenvalue weighted by molar-refractivity contribution is 1.39. The van der Waals surface area contributed by atoms with Gasteiger partial charge in [0, 0.05) is 11.8 Å². The summed E-state index contributed by atoms with van der Waals surface area (Å²) in [5.74, 6) is 0. The first-order valence-electron chi connectivity index (χ1n) is 4.81. The molecule has 0 amide bonds. The average molecular weight is 265 g/mol. The third kappa shape index (κ3) is 2.25. The largest absolute Gasteiger partial charge is 0.254 e. The van der Waals surface area contributed by atoms with E-state index >= 15 is 0 Å². The Bertz CT molecular complexity index is 615. The summed E-state index contributed by atoms with van der Waals surface area (Å²) >= 11 is 6.69. The monoisotopic (exact) mass is 264 g/mol. The Morgan fingerprint density at radius 3 is 2.94 bits per heavy atom. The fraction of sp³-hybridized carbons (Fsp3) is 0.0909. The SMILES string of the molecule is C=C/C=N\c1c(/N=C/Cl)cc2nsnc2c1C. The number of aliphatic imine (C=N–C) groups is 2. The van der Waals surface area contributed by atoms with Crippen molar-refractivity contribution in [2.75, 3.05) is 0 Å². The van der Waals surface area contributed by atoms with E-state index < -0.39 is 0 Å². The molecule has 0 radical (unpaired) electrons. The molecule has 0 spiro atoms. The number of benzene rings is 1. The van der Waals surface area contributed by atoms with Gasteiger partial charge in [-0.05, 0) is 13.0 Å². The van der Waals surface area contributed by atoms with E-state index in [4.69, 9.17) is 11.6 Å². The summed E-state index contributed by atoms with van der Waals surface area (Å²) in [5.41, 5.74) is 5.22. The summed E-state index contributed by atoms with van der Waals surface area (Å²) in [4.78, 5) is 8.37. The number of nitrogens with zero attached hydrogens (tertiary/aromatic N) is 4. The van der Waals surface area contributed by atoms with E-state index in [2.05, 4.69) is 25.3 Å². The zero-order chi connectivity index (χ0) is 12.3. The molecule has 17 heavy (non-hydrogen) atoms. The molecule has 0 aliphatic heterocycles. The van der Waals surface area contributed by atoms with Gasteiger partial charge in [0.25, 0.3) is 0 Å². The van der Waals surface area contributed by atoms with Crippen LogP contribution in [0, 0.1) is 6.92 Å². The number of hydrogen-bond donors (Lipinski definition) is 0. The Morgan fingerprint density at radius 2 is 2.24 bits per heavy atom. The molecule has 1 aromatic heterocycles. The van der Waals surface area contributed by atoms with Crippen LogP contribution in [0.5, 0.6) is 0 Å². The molecule has 0 fully saturated rings. The van der Waals surface area contributed by atoms with Crippen LogP contribution in [0.25, 0.3) is 11.0 Å². The van der Waals surface area contributed by atoms with Crippen molar-refractivity contribution in [2.45, 2.75) is 6.92 Å². The van der Waals surface area contributed by atoms with Gasteiger partial charge < -0.3 is 0 Å². The molecular weight excluding hydrogens is 256 g/mol. The molecule has 2 rings (SSSR count). The maximum Gasteiger partial charge on any atom is 0.110 e. The first-order valence-corrected chi connectivity index (χ1v) is 5.98. The van der Waals surface area contributed by atoms with Crippen LogP contribution >= 0.6 is 23.3 Å². The summed E-state index contributed by atoms with van der Waals surface area (Å²) < 4.78 is 8.42. The molecule has 0 bridgehead atoms. The lowest BCUT2D eigenvalue weighted by Crippen LogP contribution is -1.81. The molecular formula is C11H9ClN4S. The van der Waals surface area contributed by atoms with Crippen molar-refractivity contribution in [2.24, 2.45) is 9.98 Å². The maximum absolute atomic E-state index is 5.52. The van der Waals surface area contributed by atoms with E-state index in [1.54, 1.807) is 12.3 Å². The zero-order valence-electron chi connectivity index (χ0n) is 9.09. The predicted octanol–water partition coefficient (Wildman–Crippen LogP) is 3.79. The predicted molar refractivity (Wildman–Crippen MR) is 74.5 cm³/mol. The van der Waals surface area contributed by atoms with Gasteiger partial charge in [-0.1, -0.05) is 24.3 Å². The Morgan fingerprint density at radius 1 is 1.41 bits per heavy atom. The number of hydrogen-bond acceptors (Lipinski definition) is 5. The molecule has 0 unspecified atom stereocenters. The van der Waals surface area contributed by atoms with Gasteiger partial charge in [0.05, 0.1) is 28.8 Å². The number of halogens is 1. The highest BCUT2D eigenvalue weighted by atomic mass is 35.5. The van der Waals surface area contributed by atoms with E-state index in [0.717, 1.165) is 22.3 Å². The lowest BCUT2D eigenvalue weighted by atomic mass is 10.1. The van der Waals surface area contributed by atoms with Crippen LogP contribution in [0.4, 0.5) is 11.4 Å². The highest BCUT2D eigenvalue weighted by molar-refractivity contribution is 7.00. The Balaban J connectivity index is 2.74. The second kappa shape index (κ2) is 5.16. The van der Waals surface area contributed by atoms with Crippen LogP contribution in [-0.4, -0.2) is 20.6 Å². The Labute approximate surface area is 108 Å². The van der Waals surface area contributed by atoms with Crippen LogP contribution in [-0.2, 0) is 0 Å². The summed E-state index contributed by atoms with van der Waals surface area (Å²) in [6, 6.07) is 1.82. The molecule has 1 aromatic carbocycles. The molecule has 0 saturated carbocycles. The molecule has 0 N–H and O–H groups in total. The minimum absolute atomic E-state index is 0.677. The van der Waals surface area contributed by atoms with Gasteiger partial charge in [0.2, 0.25) is 0 Å². The minimum Gasteiger partial charge on any atom is -0.254 e. The van der Waals surface area contributed by atoms with Gasteiger partial charge >= 0.3 is 0 Å². The Hall–Kier alpha value is -1.59. The van der Waals surface area contributed by atoms with E-state index in [1.807, 2.05) is 13.0 Å². The van der Waals surface area contributed by atoms with Gasteiger partial charge in [-0.25, -0.2) is 4.99 Å². The van der Waals surface area contributed by atoms with E-state index in [9.17, 15) is 0 Å². The van der Waals surface area contributed by atoms with E-state index in [0.29, 0.717) is 5.69 Å². The molecule has 2 aromatic rings. The molecule has 4 nitrogen and oxygen atoms in total. The number of allylic oxidation sites excluding steroid dienone is 1. The highest BCUT2D eigenvalue weighted by Gasteiger charge is 2.11. The van der Waals surface area contributed by atoms with Crippen molar-refractivity contribution in [3.05, 3.63) is 24.3 Å². The normalized spacial score (nSPS) is 11.9. The Kier molecular flexibility index (Phi) is 3.61. The van der Waals surface area contributed by atoms with Crippen molar-refractivity contribution >= 4 is 57.6 Å². The van der Waals surface area contributed by atoms with Crippen LogP contribution in [0.2, 0.25) is 0 Å². The summed E-state index contributed by atoms with van der Waals surface area (Å²) in [6.07, 6.45) is 3.22. The van der Waals surface area contributed by atoms with E-state index in [-0.39, 0.29) is 0 Å². The molecule has 1 heterocycles. The third-order valence-electron chi connectivity index (χ3n) is 2.24. The quantitative estimate of drug-likeness (QED) is 0.792. The molecule has 6 heteroatoms. The average Bonchev–Trinajstić information content (AvgIpc) is 2.77. The summed E-state index contributed by atoms with van der Waals surface area (Å²) in [7, 11) is 0. The molecule has 0 atom stereocenters. The van der Waals surface area contributed by atoms with Crippen molar-refractivity contribution in [1.29, 1.82) is 0 Å².